The predicted molar refractivity (Wildman–Crippen MR) is 46.7 cm³/mol. The summed E-state index contributed by atoms with van der Waals surface area (Å²) in [7, 11) is 0. The number of fused-ring (bicyclic) bond motifs is 1. The van der Waals surface area contributed by atoms with E-state index >= 15 is 0 Å². The highest BCUT2D eigenvalue weighted by Crippen LogP contribution is 2.43. The Hall–Kier alpha value is -0.600. The van der Waals surface area contributed by atoms with Crippen LogP contribution >= 0.6 is 0 Å². The van der Waals surface area contributed by atoms with Gasteiger partial charge in [0.25, 0.3) is 0 Å². The highest BCUT2D eigenvalue weighted by Gasteiger charge is 2.56. The van der Waals surface area contributed by atoms with Gasteiger partial charge in [-0.3, -0.25) is 0 Å². The Bertz CT molecular complexity index is 232. The van der Waals surface area contributed by atoms with Gasteiger partial charge in [-0.15, -0.1) is 0 Å². The molecule has 2 aliphatic rings. The molecule has 0 bridgehead atoms. The molecule has 1 fully saturated rings. The second-order valence-corrected chi connectivity index (χ2v) is 3.34. The molecule has 1 saturated heterocycles. The topological polar surface area (TPSA) is 21.8 Å². The summed E-state index contributed by atoms with van der Waals surface area (Å²) in [5, 5.41) is 0. The summed E-state index contributed by atoms with van der Waals surface area (Å²) >= 11 is 0. The summed E-state index contributed by atoms with van der Waals surface area (Å²) in [5.41, 5.74) is 0. The lowest BCUT2D eigenvalue weighted by Crippen LogP contribution is -2.23. The molecule has 2 nitrogen and oxygen atoms in total. The molecule has 1 aliphatic heterocycles. The maximum Gasteiger partial charge on any atom is 0.220 e. The third-order valence-corrected chi connectivity index (χ3v) is 2.34. The fourth-order valence-corrected chi connectivity index (χ4v) is 1.36. The lowest BCUT2D eigenvalue weighted by Gasteiger charge is -2.16. The number of allylic oxidation sites excluding steroid dienone is 2. The molecule has 0 amide bonds. The number of hydrogen-bond acceptors (Lipinski definition) is 2. The Morgan fingerprint density at radius 1 is 1.58 bits per heavy atom. The molecular formula is C10H14O2. The lowest BCUT2D eigenvalue weighted by atomic mass is 10.1. The van der Waals surface area contributed by atoms with Crippen LogP contribution in [0.5, 0.6) is 0 Å². The van der Waals surface area contributed by atoms with E-state index in [1.165, 1.54) is 0 Å². The van der Waals surface area contributed by atoms with Gasteiger partial charge in [-0.05, 0) is 25.5 Å². The first kappa shape index (κ1) is 8.02. The van der Waals surface area contributed by atoms with Gasteiger partial charge >= 0.3 is 0 Å². The first-order valence-corrected chi connectivity index (χ1v) is 4.48. The van der Waals surface area contributed by atoms with E-state index in [9.17, 15) is 0 Å². The van der Waals surface area contributed by atoms with Crippen molar-refractivity contribution in [2.24, 2.45) is 0 Å². The maximum absolute atomic E-state index is 5.74. The molecule has 0 spiro atoms. The molecule has 3 atom stereocenters. The summed E-state index contributed by atoms with van der Waals surface area (Å²) in [6.45, 7) is 4.18. The van der Waals surface area contributed by atoms with Crippen molar-refractivity contribution in [2.75, 3.05) is 0 Å². The maximum atomic E-state index is 5.74. The minimum Gasteiger partial charge on any atom is -0.341 e. The molecule has 0 aromatic carbocycles. The monoisotopic (exact) mass is 166 g/mol. The third-order valence-electron chi connectivity index (χ3n) is 2.34. The van der Waals surface area contributed by atoms with E-state index in [0.29, 0.717) is 0 Å². The second kappa shape index (κ2) is 2.71. The molecule has 0 aromatic rings. The first-order valence-electron chi connectivity index (χ1n) is 4.48. The standard InChI is InChI=1S/C10H14O2/c1-3-8(2)11-10-7-5-4-6-9(10)12-10/h4-9H,3H2,1-2H3. The first-order chi connectivity index (χ1) is 5.77. The van der Waals surface area contributed by atoms with E-state index in [-0.39, 0.29) is 12.2 Å². The Morgan fingerprint density at radius 3 is 3.08 bits per heavy atom. The van der Waals surface area contributed by atoms with Crippen LogP contribution in [0.1, 0.15) is 20.3 Å². The lowest BCUT2D eigenvalue weighted by molar-refractivity contribution is -0.0537. The zero-order valence-electron chi connectivity index (χ0n) is 7.49. The van der Waals surface area contributed by atoms with Crippen molar-refractivity contribution in [3.05, 3.63) is 24.3 Å². The van der Waals surface area contributed by atoms with Crippen LogP contribution in [-0.2, 0) is 9.47 Å². The van der Waals surface area contributed by atoms with Crippen LogP contribution in [0.2, 0.25) is 0 Å². The van der Waals surface area contributed by atoms with Crippen molar-refractivity contribution >= 4 is 0 Å². The minimum absolute atomic E-state index is 0.163. The molecule has 0 N–H and O–H groups in total. The molecule has 2 heteroatoms. The van der Waals surface area contributed by atoms with E-state index in [0.717, 1.165) is 6.42 Å². The summed E-state index contributed by atoms with van der Waals surface area (Å²) in [6, 6.07) is 0. The molecule has 12 heavy (non-hydrogen) atoms. The van der Waals surface area contributed by atoms with E-state index in [1.807, 2.05) is 24.3 Å². The Morgan fingerprint density at radius 2 is 2.42 bits per heavy atom. The molecule has 1 aliphatic carbocycles. The van der Waals surface area contributed by atoms with Gasteiger partial charge in [0, 0.05) is 0 Å². The summed E-state index contributed by atoms with van der Waals surface area (Å²) < 4.78 is 11.2. The zero-order valence-corrected chi connectivity index (χ0v) is 7.49. The normalized spacial score (nSPS) is 39.3. The van der Waals surface area contributed by atoms with Crippen LogP contribution in [0.15, 0.2) is 24.3 Å². The largest absolute Gasteiger partial charge is 0.341 e. The smallest absolute Gasteiger partial charge is 0.220 e. The van der Waals surface area contributed by atoms with Crippen LogP contribution in [0.3, 0.4) is 0 Å². The fourth-order valence-electron chi connectivity index (χ4n) is 1.36. The zero-order chi connectivity index (χ0) is 8.60. The van der Waals surface area contributed by atoms with Crippen molar-refractivity contribution in [1.29, 1.82) is 0 Å². The van der Waals surface area contributed by atoms with E-state index in [2.05, 4.69) is 13.8 Å². The summed E-state index contributed by atoms with van der Waals surface area (Å²) in [6.07, 6.45) is 9.45. The average molecular weight is 166 g/mol. The quantitative estimate of drug-likeness (QED) is 0.598. The summed E-state index contributed by atoms with van der Waals surface area (Å²) in [4.78, 5) is 0. The van der Waals surface area contributed by atoms with Crippen LogP contribution in [-0.4, -0.2) is 18.0 Å². The van der Waals surface area contributed by atoms with Gasteiger partial charge in [0.2, 0.25) is 5.79 Å². The molecule has 0 radical (unpaired) electrons. The van der Waals surface area contributed by atoms with Crippen molar-refractivity contribution in [1.82, 2.24) is 0 Å². The van der Waals surface area contributed by atoms with Crippen molar-refractivity contribution < 1.29 is 9.47 Å². The Balaban J connectivity index is 1.98. The van der Waals surface area contributed by atoms with Crippen LogP contribution in [0.4, 0.5) is 0 Å². The minimum atomic E-state index is -0.399. The van der Waals surface area contributed by atoms with Crippen LogP contribution < -0.4 is 0 Å². The van der Waals surface area contributed by atoms with E-state index in [1.54, 1.807) is 0 Å². The van der Waals surface area contributed by atoms with Gasteiger partial charge in [-0.2, -0.15) is 0 Å². The molecule has 3 unspecified atom stereocenters. The molecule has 0 saturated carbocycles. The van der Waals surface area contributed by atoms with Crippen molar-refractivity contribution in [2.45, 2.75) is 38.3 Å². The van der Waals surface area contributed by atoms with Gasteiger partial charge in [0.15, 0.2) is 0 Å². The second-order valence-electron chi connectivity index (χ2n) is 3.34. The SMILES string of the molecule is CCC(C)OC12C=CC=CC1O2. The fraction of sp³-hybridized carbons (Fsp3) is 0.600. The number of epoxide rings is 1. The van der Waals surface area contributed by atoms with Gasteiger partial charge < -0.3 is 9.47 Å². The predicted octanol–water partition coefficient (Wildman–Crippen LogP) is 2.02. The highest BCUT2D eigenvalue weighted by atomic mass is 16.8. The van der Waals surface area contributed by atoms with Gasteiger partial charge in [0.1, 0.15) is 6.10 Å². The van der Waals surface area contributed by atoms with Crippen molar-refractivity contribution in [3.8, 4) is 0 Å². The number of ether oxygens (including phenoxy) is 2. The van der Waals surface area contributed by atoms with E-state index in [4.69, 9.17) is 9.47 Å². The number of rotatable bonds is 3. The molecule has 0 aromatic heterocycles. The van der Waals surface area contributed by atoms with Gasteiger partial charge in [0.05, 0.1) is 6.10 Å². The van der Waals surface area contributed by atoms with Crippen LogP contribution in [0.25, 0.3) is 0 Å². The van der Waals surface area contributed by atoms with Crippen molar-refractivity contribution in [3.63, 3.8) is 0 Å². The molecule has 2 rings (SSSR count). The van der Waals surface area contributed by atoms with Crippen LogP contribution in [0, 0.1) is 0 Å². The van der Waals surface area contributed by atoms with Gasteiger partial charge in [-0.1, -0.05) is 19.1 Å². The average Bonchev–Trinajstić information content (AvgIpc) is 2.78. The highest BCUT2D eigenvalue weighted by molar-refractivity contribution is 5.27. The molecule has 66 valence electrons. The number of hydrogen-bond donors (Lipinski definition) is 0. The Kier molecular flexibility index (Phi) is 1.81. The molecule has 1 heterocycles. The molecular weight excluding hydrogens is 152 g/mol. The van der Waals surface area contributed by atoms with Gasteiger partial charge in [-0.25, -0.2) is 0 Å². The summed E-state index contributed by atoms with van der Waals surface area (Å²) in [5.74, 6) is -0.399. The Labute approximate surface area is 72.9 Å². The third kappa shape index (κ3) is 1.21. The van der Waals surface area contributed by atoms with E-state index < -0.39 is 5.79 Å².